The molecule has 0 bridgehead atoms. The molecule has 3 aromatic rings. The van der Waals surface area contributed by atoms with Gasteiger partial charge in [0, 0.05) is 16.8 Å². The Labute approximate surface area is 182 Å². The van der Waals surface area contributed by atoms with Crippen LogP contribution in [0.2, 0.25) is 0 Å². The molecule has 1 aromatic carbocycles. The van der Waals surface area contributed by atoms with Gasteiger partial charge in [0.05, 0.1) is 27.9 Å². The molecule has 0 saturated heterocycles. The summed E-state index contributed by atoms with van der Waals surface area (Å²) in [4.78, 5) is 4.02. The van der Waals surface area contributed by atoms with Gasteiger partial charge in [0.1, 0.15) is 12.1 Å². The zero-order chi connectivity index (χ0) is 23.3. The van der Waals surface area contributed by atoms with Gasteiger partial charge in [-0.1, -0.05) is 18.2 Å². The normalized spacial score (nSPS) is 14.7. The van der Waals surface area contributed by atoms with E-state index in [2.05, 4.69) is 11.1 Å². The van der Waals surface area contributed by atoms with Gasteiger partial charge in [-0.3, -0.25) is 4.98 Å². The topological polar surface area (TPSA) is 87.8 Å². The molecule has 0 aliphatic heterocycles. The highest BCUT2D eigenvalue weighted by Gasteiger charge is 2.38. The summed E-state index contributed by atoms with van der Waals surface area (Å²) < 4.78 is 66.6. The van der Waals surface area contributed by atoms with Gasteiger partial charge in [-0.05, 0) is 49.8 Å². The van der Waals surface area contributed by atoms with Crippen LogP contribution in [0.4, 0.5) is 13.2 Å². The first-order valence-corrected chi connectivity index (χ1v) is 11.0. The highest BCUT2D eigenvalue weighted by Crippen LogP contribution is 2.37. The van der Waals surface area contributed by atoms with E-state index in [4.69, 9.17) is 0 Å². The number of hydrogen-bond donors (Lipinski definition) is 1. The van der Waals surface area contributed by atoms with E-state index in [1.807, 2.05) is 29.7 Å². The van der Waals surface area contributed by atoms with Crippen LogP contribution in [0.15, 0.2) is 59.7 Å². The summed E-state index contributed by atoms with van der Waals surface area (Å²) in [6.45, 7) is 2.55. The Kier molecular flexibility index (Phi) is 5.19. The van der Waals surface area contributed by atoms with Crippen LogP contribution in [-0.2, 0) is 10.0 Å². The first kappa shape index (κ1) is 21.8. The number of nitriles is 1. The van der Waals surface area contributed by atoms with E-state index >= 15 is 0 Å². The number of allylic oxidation sites excluding steroid dienone is 4. The number of halogens is 3. The first-order valence-electron chi connectivity index (χ1n) is 9.52. The number of pyridine rings is 1. The molecular weight excluding hydrogens is 441 g/mol. The molecule has 2 aromatic heterocycles. The molecule has 4 rings (SSSR count). The lowest BCUT2D eigenvalue weighted by molar-refractivity contribution is -0.147. The Hall–Kier alpha value is -3.42. The van der Waals surface area contributed by atoms with Crippen molar-refractivity contribution in [1.29, 1.82) is 5.26 Å². The average molecular weight is 458 g/mol. The maximum absolute atomic E-state index is 12.8. The van der Waals surface area contributed by atoms with Crippen LogP contribution in [-0.4, -0.2) is 30.2 Å². The fourth-order valence-electron chi connectivity index (χ4n) is 3.44. The molecule has 164 valence electrons. The molecule has 2 heterocycles. The third kappa shape index (κ3) is 3.70. The molecule has 10 heteroatoms. The Morgan fingerprint density at radius 1 is 1.22 bits per heavy atom. The lowest BCUT2D eigenvalue weighted by Crippen LogP contribution is -2.42. The van der Waals surface area contributed by atoms with E-state index in [1.54, 1.807) is 17.0 Å². The van der Waals surface area contributed by atoms with E-state index in [1.165, 1.54) is 24.3 Å². The third-order valence-electron chi connectivity index (χ3n) is 5.16. The van der Waals surface area contributed by atoms with Crippen molar-refractivity contribution in [3.05, 3.63) is 66.0 Å². The zero-order valence-corrected chi connectivity index (χ0v) is 17.8. The van der Waals surface area contributed by atoms with Gasteiger partial charge in [0.2, 0.25) is 10.0 Å². The molecule has 0 unspecified atom stereocenters. The fraction of sp³-hybridized carbons (Fsp3) is 0.182. The number of aryl methyl sites for hydroxylation is 1. The predicted molar refractivity (Wildman–Crippen MR) is 114 cm³/mol. The van der Waals surface area contributed by atoms with Crippen LogP contribution in [0, 0.1) is 18.3 Å². The van der Waals surface area contributed by atoms with Crippen molar-refractivity contribution in [3.8, 4) is 17.3 Å². The second-order valence-electron chi connectivity index (χ2n) is 7.37. The summed E-state index contributed by atoms with van der Waals surface area (Å²) in [6, 6.07) is 7.18. The van der Waals surface area contributed by atoms with Crippen LogP contribution < -0.4 is 4.72 Å². The third-order valence-corrected chi connectivity index (χ3v) is 6.71. The number of rotatable bonds is 5. The molecule has 0 amide bonds. The van der Waals surface area contributed by atoms with Crippen molar-refractivity contribution in [2.45, 2.75) is 31.0 Å². The first-order chi connectivity index (χ1) is 15.0. The molecule has 32 heavy (non-hydrogen) atoms. The maximum atomic E-state index is 12.8. The Morgan fingerprint density at radius 2 is 1.88 bits per heavy atom. The van der Waals surface area contributed by atoms with E-state index in [0.29, 0.717) is 22.2 Å². The number of nitrogens with zero attached hydrogens (tertiary/aromatic N) is 3. The minimum Gasteiger partial charge on any atom is -0.306 e. The number of fused-ring (bicyclic) bond motifs is 1. The van der Waals surface area contributed by atoms with Gasteiger partial charge >= 0.3 is 6.18 Å². The van der Waals surface area contributed by atoms with Crippen molar-refractivity contribution in [1.82, 2.24) is 14.3 Å². The molecule has 0 radical (unpaired) electrons. The number of nitrogens with one attached hydrogen (secondary N) is 1. The molecule has 1 aliphatic carbocycles. The van der Waals surface area contributed by atoms with Gasteiger partial charge < -0.3 is 4.57 Å². The SMILES string of the molecule is Cc1cc2c(C#N)c(-c3ccc(S(=O)(=O)N[C@@H](C)C(F)(F)F)cc3)n(C3=CC=C3)c2cn1. The molecular formula is C22H17F3N4O2S. The van der Waals surface area contributed by atoms with Crippen molar-refractivity contribution in [2.75, 3.05) is 0 Å². The average Bonchev–Trinajstić information content (AvgIpc) is 2.99. The molecule has 6 nitrogen and oxygen atoms in total. The zero-order valence-electron chi connectivity index (χ0n) is 17.0. The second-order valence-corrected chi connectivity index (χ2v) is 9.09. The molecule has 1 aliphatic rings. The van der Waals surface area contributed by atoms with Gasteiger partial charge in [-0.2, -0.15) is 23.2 Å². The van der Waals surface area contributed by atoms with Crippen LogP contribution in [0.1, 0.15) is 18.2 Å². The second kappa shape index (κ2) is 7.62. The lowest BCUT2D eigenvalue weighted by Gasteiger charge is -2.18. The van der Waals surface area contributed by atoms with Crippen molar-refractivity contribution >= 4 is 26.6 Å². The van der Waals surface area contributed by atoms with E-state index < -0.39 is 22.2 Å². The van der Waals surface area contributed by atoms with Crippen LogP contribution in [0.25, 0.3) is 27.9 Å². The fourth-order valence-corrected chi connectivity index (χ4v) is 4.67. The molecule has 0 fully saturated rings. The Balaban J connectivity index is 1.82. The van der Waals surface area contributed by atoms with Gasteiger partial charge in [0.15, 0.2) is 0 Å². The summed E-state index contributed by atoms with van der Waals surface area (Å²) in [5.74, 6) is 0. The number of benzene rings is 1. The highest BCUT2D eigenvalue weighted by atomic mass is 32.2. The minimum absolute atomic E-state index is 0.307. The number of hydrogen-bond acceptors (Lipinski definition) is 4. The Bertz CT molecular complexity index is 1430. The lowest BCUT2D eigenvalue weighted by atomic mass is 10.1. The predicted octanol–water partition coefficient (Wildman–Crippen LogP) is 4.52. The standard InChI is InChI=1S/C22H17F3N4O2S/c1-13-10-18-19(11-26)21(29(16-4-3-5-16)20(18)12-27-13)15-6-8-17(9-7-15)32(30,31)28-14(2)22(23,24)25/h3-10,12,14,28H,1-2H3/t14-/m0/s1. The molecule has 0 spiro atoms. The number of aromatic nitrogens is 2. The van der Waals surface area contributed by atoms with E-state index in [0.717, 1.165) is 23.8 Å². The van der Waals surface area contributed by atoms with E-state index in [-0.39, 0.29) is 4.90 Å². The van der Waals surface area contributed by atoms with Crippen molar-refractivity contribution in [2.24, 2.45) is 0 Å². The largest absolute Gasteiger partial charge is 0.404 e. The quantitative estimate of drug-likeness (QED) is 0.609. The van der Waals surface area contributed by atoms with Crippen molar-refractivity contribution < 1.29 is 21.6 Å². The maximum Gasteiger partial charge on any atom is 0.404 e. The van der Waals surface area contributed by atoms with Crippen molar-refractivity contribution in [3.63, 3.8) is 0 Å². The minimum atomic E-state index is -4.70. The van der Waals surface area contributed by atoms with Crippen LogP contribution in [0.3, 0.4) is 0 Å². The highest BCUT2D eigenvalue weighted by molar-refractivity contribution is 7.89. The summed E-state index contributed by atoms with van der Waals surface area (Å²) >= 11 is 0. The summed E-state index contributed by atoms with van der Waals surface area (Å²) in [5, 5.41) is 10.6. The summed E-state index contributed by atoms with van der Waals surface area (Å²) in [5.41, 5.74) is 3.77. The monoisotopic (exact) mass is 458 g/mol. The molecule has 1 atom stereocenters. The van der Waals surface area contributed by atoms with Crippen LogP contribution in [0.5, 0.6) is 0 Å². The Morgan fingerprint density at radius 3 is 2.41 bits per heavy atom. The number of sulfonamides is 1. The molecule has 0 saturated carbocycles. The van der Waals surface area contributed by atoms with E-state index in [9.17, 15) is 26.9 Å². The van der Waals surface area contributed by atoms with Gasteiger partial charge in [0.25, 0.3) is 0 Å². The van der Waals surface area contributed by atoms with Gasteiger partial charge in [-0.15, -0.1) is 0 Å². The number of alkyl halides is 3. The van der Waals surface area contributed by atoms with Crippen LogP contribution >= 0.6 is 0 Å². The summed E-state index contributed by atoms with van der Waals surface area (Å²) in [6.07, 6.45) is 2.55. The molecule has 1 N–H and O–H groups in total. The summed E-state index contributed by atoms with van der Waals surface area (Å²) in [7, 11) is -4.38. The smallest absolute Gasteiger partial charge is 0.306 e. The van der Waals surface area contributed by atoms with Gasteiger partial charge in [-0.25, -0.2) is 8.42 Å².